The number of hydrogen-bond acceptors (Lipinski definition) is 2. The molecule has 1 unspecified atom stereocenters. The van der Waals surface area contributed by atoms with Gasteiger partial charge in [0.2, 0.25) is 0 Å². The molecule has 0 fully saturated rings. The van der Waals surface area contributed by atoms with Gasteiger partial charge in [0.1, 0.15) is 18.2 Å². The quantitative estimate of drug-likeness (QED) is 0.838. The number of ether oxygens (including phenoxy) is 1. The molecule has 21 heavy (non-hydrogen) atoms. The van der Waals surface area contributed by atoms with Crippen LogP contribution in [0.5, 0.6) is 5.75 Å². The third-order valence-electron chi connectivity index (χ3n) is 3.46. The Kier molecular flexibility index (Phi) is 5.37. The van der Waals surface area contributed by atoms with Gasteiger partial charge in [-0.05, 0) is 39.1 Å². The highest BCUT2D eigenvalue weighted by molar-refractivity contribution is 9.10. The third kappa shape index (κ3) is 4.05. The van der Waals surface area contributed by atoms with E-state index in [1.807, 2.05) is 32.2 Å². The van der Waals surface area contributed by atoms with Crippen LogP contribution in [0.15, 0.2) is 40.9 Å². The summed E-state index contributed by atoms with van der Waals surface area (Å²) >= 11 is 3.25. The lowest BCUT2D eigenvalue weighted by molar-refractivity contribution is 0.294. The van der Waals surface area contributed by atoms with Gasteiger partial charge >= 0.3 is 0 Å². The van der Waals surface area contributed by atoms with Crippen molar-refractivity contribution in [3.05, 3.63) is 63.4 Å². The first-order valence-electron chi connectivity index (χ1n) is 6.86. The van der Waals surface area contributed by atoms with E-state index in [2.05, 4.69) is 34.2 Å². The Labute approximate surface area is 133 Å². The maximum absolute atomic E-state index is 13.8. The fourth-order valence-corrected chi connectivity index (χ4v) is 2.42. The predicted molar refractivity (Wildman–Crippen MR) is 87.1 cm³/mol. The predicted octanol–water partition coefficient (Wildman–Crippen LogP) is 4.76. The van der Waals surface area contributed by atoms with Crippen LogP contribution in [0.1, 0.15) is 29.7 Å². The minimum absolute atomic E-state index is 0.176. The lowest BCUT2D eigenvalue weighted by Gasteiger charge is -2.17. The Hall–Kier alpha value is -1.39. The summed E-state index contributed by atoms with van der Waals surface area (Å²) in [6.07, 6.45) is 0. The van der Waals surface area contributed by atoms with Crippen LogP contribution in [0, 0.1) is 12.7 Å². The zero-order chi connectivity index (χ0) is 15.4. The lowest BCUT2D eigenvalue weighted by Crippen LogP contribution is -2.14. The summed E-state index contributed by atoms with van der Waals surface area (Å²) < 4.78 is 20.4. The summed E-state index contributed by atoms with van der Waals surface area (Å²) in [5.41, 5.74) is 2.80. The molecule has 0 bridgehead atoms. The smallest absolute Gasteiger partial charge is 0.130 e. The van der Waals surface area contributed by atoms with Crippen LogP contribution < -0.4 is 10.1 Å². The molecule has 0 saturated carbocycles. The van der Waals surface area contributed by atoms with E-state index in [4.69, 9.17) is 4.74 Å². The van der Waals surface area contributed by atoms with E-state index >= 15 is 0 Å². The van der Waals surface area contributed by atoms with E-state index in [-0.39, 0.29) is 18.5 Å². The van der Waals surface area contributed by atoms with Gasteiger partial charge in [0.05, 0.1) is 0 Å². The zero-order valence-electron chi connectivity index (χ0n) is 12.4. The molecule has 0 aromatic heterocycles. The normalized spacial score (nSPS) is 12.2. The number of rotatable bonds is 5. The van der Waals surface area contributed by atoms with Gasteiger partial charge in [-0.25, -0.2) is 4.39 Å². The Morgan fingerprint density at radius 1 is 1.24 bits per heavy atom. The van der Waals surface area contributed by atoms with Gasteiger partial charge in [-0.3, -0.25) is 0 Å². The van der Waals surface area contributed by atoms with Gasteiger partial charge in [-0.1, -0.05) is 39.7 Å². The van der Waals surface area contributed by atoms with Crippen LogP contribution in [0.2, 0.25) is 0 Å². The van der Waals surface area contributed by atoms with Crippen LogP contribution in [0.4, 0.5) is 4.39 Å². The van der Waals surface area contributed by atoms with Crippen molar-refractivity contribution in [3.8, 4) is 5.75 Å². The number of aryl methyl sites for hydroxylation is 1. The largest absolute Gasteiger partial charge is 0.488 e. The van der Waals surface area contributed by atoms with Gasteiger partial charge in [0, 0.05) is 21.6 Å². The summed E-state index contributed by atoms with van der Waals surface area (Å²) in [6, 6.07) is 11.2. The summed E-state index contributed by atoms with van der Waals surface area (Å²) in [7, 11) is 1.91. The number of benzene rings is 2. The lowest BCUT2D eigenvalue weighted by atomic mass is 10.0. The molecule has 0 aliphatic carbocycles. The molecule has 1 N–H and O–H groups in total. The highest BCUT2D eigenvalue weighted by Gasteiger charge is 2.11. The Morgan fingerprint density at radius 3 is 2.67 bits per heavy atom. The number of halogens is 2. The van der Waals surface area contributed by atoms with E-state index in [9.17, 15) is 4.39 Å². The molecule has 0 radical (unpaired) electrons. The van der Waals surface area contributed by atoms with Crippen molar-refractivity contribution in [2.75, 3.05) is 7.05 Å². The first-order chi connectivity index (χ1) is 10.0. The first-order valence-corrected chi connectivity index (χ1v) is 7.65. The molecule has 0 spiro atoms. The maximum Gasteiger partial charge on any atom is 0.130 e. The Morgan fingerprint density at radius 2 is 2.00 bits per heavy atom. The van der Waals surface area contributed by atoms with Gasteiger partial charge in [0.25, 0.3) is 0 Å². The van der Waals surface area contributed by atoms with Gasteiger partial charge in [-0.2, -0.15) is 0 Å². The molecule has 0 saturated heterocycles. The van der Waals surface area contributed by atoms with Crippen molar-refractivity contribution in [3.63, 3.8) is 0 Å². The van der Waals surface area contributed by atoms with Gasteiger partial charge < -0.3 is 10.1 Å². The van der Waals surface area contributed by atoms with Gasteiger partial charge in [-0.15, -0.1) is 0 Å². The number of hydrogen-bond donors (Lipinski definition) is 1. The second kappa shape index (κ2) is 7.05. The van der Waals surface area contributed by atoms with E-state index in [1.54, 1.807) is 6.07 Å². The second-order valence-electron chi connectivity index (χ2n) is 5.08. The zero-order valence-corrected chi connectivity index (χ0v) is 14.0. The highest BCUT2D eigenvalue weighted by atomic mass is 79.9. The summed E-state index contributed by atoms with van der Waals surface area (Å²) in [4.78, 5) is 0. The van der Waals surface area contributed by atoms with Crippen LogP contribution in [0.25, 0.3) is 0 Å². The molecule has 2 aromatic carbocycles. The van der Waals surface area contributed by atoms with Crippen molar-refractivity contribution in [1.82, 2.24) is 5.32 Å². The molecule has 2 rings (SSSR count). The number of nitrogens with one attached hydrogen (secondary N) is 1. The summed E-state index contributed by atoms with van der Waals surface area (Å²) in [6.45, 7) is 4.33. The molecule has 112 valence electrons. The van der Waals surface area contributed by atoms with Crippen molar-refractivity contribution < 1.29 is 9.13 Å². The van der Waals surface area contributed by atoms with Crippen molar-refractivity contribution in [2.45, 2.75) is 26.5 Å². The molecular formula is C17H19BrFNO. The standard InChI is InChI=1S/C17H19BrFNO/c1-11-4-7-17(15(8-11)12(2)20-3)21-10-13-5-6-14(18)9-16(13)19/h4-9,12,20H,10H2,1-3H3. The fourth-order valence-electron chi connectivity index (χ4n) is 2.09. The minimum Gasteiger partial charge on any atom is -0.488 e. The SMILES string of the molecule is CNC(C)c1cc(C)ccc1OCc1ccc(Br)cc1F. The van der Waals surface area contributed by atoms with Crippen LogP contribution in [-0.2, 0) is 6.61 Å². The van der Waals surface area contributed by atoms with Gasteiger partial charge in [0.15, 0.2) is 0 Å². The second-order valence-corrected chi connectivity index (χ2v) is 5.99. The Balaban J connectivity index is 2.19. The van der Waals surface area contributed by atoms with Crippen molar-refractivity contribution in [2.24, 2.45) is 0 Å². The van der Waals surface area contributed by atoms with Crippen molar-refractivity contribution in [1.29, 1.82) is 0 Å². The topological polar surface area (TPSA) is 21.3 Å². The average molecular weight is 352 g/mol. The monoisotopic (exact) mass is 351 g/mol. The molecule has 4 heteroatoms. The molecule has 1 atom stereocenters. The molecule has 2 nitrogen and oxygen atoms in total. The Bertz CT molecular complexity index is 630. The fraction of sp³-hybridized carbons (Fsp3) is 0.294. The molecule has 2 aromatic rings. The molecule has 0 amide bonds. The van der Waals surface area contributed by atoms with Crippen LogP contribution in [0.3, 0.4) is 0 Å². The third-order valence-corrected chi connectivity index (χ3v) is 3.96. The first kappa shape index (κ1) is 16.0. The average Bonchev–Trinajstić information content (AvgIpc) is 2.46. The molecule has 0 heterocycles. The van der Waals surface area contributed by atoms with E-state index in [1.165, 1.54) is 11.6 Å². The van der Waals surface area contributed by atoms with Crippen LogP contribution >= 0.6 is 15.9 Å². The van der Waals surface area contributed by atoms with E-state index in [0.717, 1.165) is 15.8 Å². The summed E-state index contributed by atoms with van der Waals surface area (Å²) in [5, 5.41) is 3.21. The summed E-state index contributed by atoms with van der Waals surface area (Å²) in [5.74, 6) is 0.518. The molecule has 0 aliphatic heterocycles. The van der Waals surface area contributed by atoms with E-state index in [0.29, 0.717) is 5.56 Å². The van der Waals surface area contributed by atoms with E-state index < -0.39 is 0 Å². The molecule has 0 aliphatic rings. The molecular weight excluding hydrogens is 333 g/mol. The van der Waals surface area contributed by atoms with Crippen LogP contribution in [-0.4, -0.2) is 7.05 Å². The van der Waals surface area contributed by atoms with Crippen molar-refractivity contribution >= 4 is 15.9 Å². The minimum atomic E-state index is -0.264. The highest BCUT2D eigenvalue weighted by Crippen LogP contribution is 2.27. The maximum atomic E-state index is 13.8.